The molecule has 0 aliphatic carbocycles. The van der Waals surface area contributed by atoms with Gasteiger partial charge in [-0.1, -0.05) is 17.3 Å². The fourth-order valence-electron chi connectivity index (χ4n) is 3.23. The molecule has 28 heavy (non-hydrogen) atoms. The summed E-state index contributed by atoms with van der Waals surface area (Å²) in [5.41, 5.74) is 1.63. The number of anilines is 1. The van der Waals surface area contributed by atoms with Crippen LogP contribution in [0.1, 0.15) is 5.56 Å². The van der Waals surface area contributed by atoms with E-state index in [-0.39, 0.29) is 42.0 Å². The van der Waals surface area contributed by atoms with Crippen molar-refractivity contribution in [2.24, 2.45) is 11.1 Å². The minimum Gasteiger partial charge on any atom is -0.389 e. The first-order chi connectivity index (χ1) is 13.6. The zero-order valence-corrected chi connectivity index (χ0v) is 14.8. The highest BCUT2D eigenvalue weighted by Crippen LogP contribution is 2.27. The van der Waals surface area contributed by atoms with Crippen LogP contribution in [-0.4, -0.2) is 46.7 Å². The standard InChI is InChI=1S/C19H18FN5O3/c20-13-5-3-12(4-6-13)8-22-18(26)17-15-10-25(11-16(15)28-24-17)19(27)23-14-2-1-7-21-9-14/h1-7,9,15-16H,8,10-11H2,(H,22,26)(H,23,27). The Bertz CT molecular complexity index is 904. The van der Waals surface area contributed by atoms with Gasteiger partial charge in [-0.05, 0) is 29.8 Å². The molecule has 1 aromatic heterocycles. The van der Waals surface area contributed by atoms with Gasteiger partial charge in [0.05, 0.1) is 24.3 Å². The Kier molecular flexibility index (Phi) is 4.88. The number of benzene rings is 1. The summed E-state index contributed by atoms with van der Waals surface area (Å²) in [6.07, 6.45) is 2.84. The number of carbonyl (C=O) groups is 2. The summed E-state index contributed by atoms with van der Waals surface area (Å²) in [5.74, 6) is -0.971. The van der Waals surface area contributed by atoms with Crippen LogP contribution < -0.4 is 10.6 Å². The summed E-state index contributed by atoms with van der Waals surface area (Å²) in [4.78, 5) is 35.8. The average Bonchev–Trinajstić information content (AvgIpc) is 3.29. The van der Waals surface area contributed by atoms with Crippen molar-refractivity contribution in [3.8, 4) is 0 Å². The second kappa shape index (κ2) is 7.63. The molecule has 1 fully saturated rings. The Morgan fingerprint density at radius 3 is 2.79 bits per heavy atom. The molecule has 144 valence electrons. The first-order valence-corrected chi connectivity index (χ1v) is 8.82. The molecular weight excluding hydrogens is 365 g/mol. The molecule has 9 heteroatoms. The number of halogens is 1. The van der Waals surface area contributed by atoms with Crippen LogP contribution in [0.25, 0.3) is 0 Å². The summed E-state index contributed by atoms with van der Waals surface area (Å²) in [6, 6.07) is 9.07. The maximum atomic E-state index is 13.0. The van der Waals surface area contributed by atoms with Gasteiger partial charge in [0.15, 0.2) is 11.8 Å². The van der Waals surface area contributed by atoms with Crippen molar-refractivity contribution in [3.63, 3.8) is 0 Å². The highest BCUT2D eigenvalue weighted by atomic mass is 19.1. The van der Waals surface area contributed by atoms with Crippen molar-refractivity contribution in [2.75, 3.05) is 18.4 Å². The zero-order valence-electron chi connectivity index (χ0n) is 14.8. The zero-order chi connectivity index (χ0) is 19.5. The van der Waals surface area contributed by atoms with Crippen LogP contribution in [0, 0.1) is 11.7 Å². The second-order valence-electron chi connectivity index (χ2n) is 6.61. The van der Waals surface area contributed by atoms with Crippen molar-refractivity contribution in [2.45, 2.75) is 12.6 Å². The number of urea groups is 1. The molecule has 4 rings (SSSR count). The fourth-order valence-corrected chi connectivity index (χ4v) is 3.23. The van der Waals surface area contributed by atoms with Gasteiger partial charge in [-0.3, -0.25) is 9.78 Å². The number of nitrogens with one attached hydrogen (secondary N) is 2. The summed E-state index contributed by atoms with van der Waals surface area (Å²) in [5, 5.41) is 9.42. The maximum Gasteiger partial charge on any atom is 0.322 e. The largest absolute Gasteiger partial charge is 0.389 e. The third kappa shape index (κ3) is 3.78. The summed E-state index contributed by atoms with van der Waals surface area (Å²) >= 11 is 0. The third-order valence-electron chi connectivity index (χ3n) is 4.70. The number of fused-ring (bicyclic) bond motifs is 1. The van der Waals surface area contributed by atoms with E-state index in [1.165, 1.54) is 12.1 Å². The van der Waals surface area contributed by atoms with Crippen molar-refractivity contribution >= 4 is 23.3 Å². The van der Waals surface area contributed by atoms with Gasteiger partial charge in [0.1, 0.15) is 5.82 Å². The summed E-state index contributed by atoms with van der Waals surface area (Å²) in [6.45, 7) is 0.926. The van der Waals surface area contributed by atoms with E-state index in [2.05, 4.69) is 20.8 Å². The van der Waals surface area contributed by atoms with E-state index >= 15 is 0 Å². The van der Waals surface area contributed by atoms with Gasteiger partial charge >= 0.3 is 6.03 Å². The van der Waals surface area contributed by atoms with E-state index < -0.39 is 0 Å². The van der Waals surface area contributed by atoms with Gasteiger partial charge in [0.2, 0.25) is 0 Å². The predicted molar refractivity (Wildman–Crippen MR) is 98.9 cm³/mol. The van der Waals surface area contributed by atoms with Crippen molar-refractivity contribution in [1.29, 1.82) is 0 Å². The number of hydrogen-bond acceptors (Lipinski definition) is 5. The van der Waals surface area contributed by atoms with Crippen LogP contribution in [0.3, 0.4) is 0 Å². The third-order valence-corrected chi connectivity index (χ3v) is 4.70. The highest BCUT2D eigenvalue weighted by molar-refractivity contribution is 6.40. The number of nitrogens with zero attached hydrogens (tertiary/aromatic N) is 3. The van der Waals surface area contributed by atoms with Crippen LogP contribution in [0.5, 0.6) is 0 Å². The molecule has 2 aromatic rings. The lowest BCUT2D eigenvalue weighted by Crippen LogP contribution is -2.38. The number of hydrogen-bond donors (Lipinski definition) is 2. The average molecular weight is 383 g/mol. The number of carbonyl (C=O) groups excluding carboxylic acids is 2. The molecular formula is C19H18FN5O3. The minimum absolute atomic E-state index is 0.251. The first kappa shape index (κ1) is 17.9. The molecule has 2 N–H and O–H groups in total. The van der Waals surface area contributed by atoms with Crippen LogP contribution in [0.4, 0.5) is 14.9 Å². The number of rotatable bonds is 4. The molecule has 3 amide bonds. The SMILES string of the molecule is O=C(NCc1ccc(F)cc1)C1=NOC2CN(C(=O)Nc3cccnc3)CC12. The first-order valence-electron chi connectivity index (χ1n) is 8.82. The van der Waals surface area contributed by atoms with E-state index in [0.29, 0.717) is 18.8 Å². The highest BCUT2D eigenvalue weighted by Gasteiger charge is 2.46. The number of amides is 3. The molecule has 3 heterocycles. The smallest absolute Gasteiger partial charge is 0.322 e. The van der Waals surface area contributed by atoms with Gasteiger partial charge in [-0.25, -0.2) is 9.18 Å². The molecule has 2 atom stereocenters. The van der Waals surface area contributed by atoms with Crippen LogP contribution in [0.15, 0.2) is 53.9 Å². The molecule has 2 unspecified atom stereocenters. The van der Waals surface area contributed by atoms with Crippen LogP contribution >= 0.6 is 0 Å². The second-order valence-corrected chi connectivity index (χ2v) is 6.61. The van der Waals surface area contributed by atoms with Gasteiger partial charge < -0.3 is 20.4 Å². The number of pyridine rings is 1. The van der Waals surface area contributed by atoms with E-state index in [0.717, 1.165) is 5.56 Å². The number of aromatic nitrogens is 1. The monoisotopic (exact) mass is 383 g/mol. The molecule has 0 bridgehead atoms. The van der Waals surface area contributed by atoms with E-state index in [1.807, 2.05) is 0 Å². The van der Waals surface area contributed by atoms with E-state index in [9.17, 15) is 14.0 Å². The fraction of sp³-hybridized carbons (Fsp3) is 0.263. The minimum atomic E-state index is -0.355. The molecule has 8 nitrogen and oxygen atoms in total. The maximum absolute atomic E-state index is 13.0. The van der Waals surface area contributed by atoms with Gasteiger partial charge in [-0.15, -0.1) is 0 Å². The normalized spacial score (nSPS) is 20.2. The molecule has 2 aliphatic heterocycles. The lowest BCUT2D eigenvalue weighted by atomic mass is 10.0. The van der Waals surface area contributed by atoms with E-state index in [1.54, 1.807) is 41.6 Å². The number of oxime groups is 1. The summed E-state index contributed by atoms with van der Waals surface area (Å²) < 4.78 is 13.0. The molecule has 1 saturated heterocycles. The lowest BCUT2D eigenvalue weighted by Gasteiger charge is -2.17. The molecule has 0 spiro atoms. The molecule has 2 aliphatic rings. The van der Waals surface area contributed by atoms with E-state index in [4.69, 9.17) is 4.84 Å². The summed E-state index contributed by atoms with van der Waals surface area (Å²) in [7, 11) is 0. The Morgan fingerprint density at radius 2 is 2.04 bits per heavy atom. The molecule has 0 radical (unpaired) electrons. The van der Waals surface area contributed by atoms with Crippen molar-refractivity contribution in [1.82, 2.24) is 15.2 Å². The van der Waals surface area contributed by atoms with Crippen LogP contribution in [-0.2, 0) is 16.2 Å². The Balaban J connectivity index is 1.33. The van der Waals surface area contributed by atoms with Gasteiger partial charge in [-0.2, -0.15) is 0 Å². The Hall–Kier alpha value is -3.49. The Morgan fingerprint density at radius 1 is 1.21 bits per heavy atom. The molecule has 0 saturated carbocycles. The van der Waals surface area contributed by atoms with Gasteiger partial charge in [0, 0.05) is 19.3 Å². The predicted octanol–water partition coefficient (Wildman–Crippen LogP) is 1.76. The number of likely N-dealkylation sites (tertiary alicyclic amines) is 1. The van der Waals surface area contributed by atoms with Crippen LogP contribution in [0.2, 0.25) is 0 Å². The Labute approximate surface area is 160 Å². The molecule has 1 aromatic carbocycles. The van der Waals surface area contributed by atoms with Crippen molar-refractivity contribution < 1.29 is 18.8 Å². The quantitative estimate of drug-likeness (QED) is 0.841. The van der Waals surface area contributed by atoms with Gasteiger partial charge in [0.25, 0.3) is 5.91 Å². The topological polar surface area (TPSA) is 95.9 Å². The van der Waals surface area contributed by atoms with Crippen molar-refractivity contribution in [3.05, 3.63) is 60.2 Å². The lowest BCUT2D eigenvalue weighted by molar-refractivity contribution is -0.115.